The Morgan fingerprint density at radius 1 is 0.894 bits per heavy atom. The van der Waals surface area contributed by atoms with Crippen LogP contribution in [0, 0.1) is 0 Å². The number of aromatic nitrogens is 4. The summed E-state index contributed by atoms with van der Waals surface area (Å²) in [6.45, 7) is 4.81. The molecule has 352 valence electrons. The quantitative estimate of drug-likeness (QED) is 0.117. The summed E-state index contributed by atoms with van der Waals surface area (Å²) in [5.74, 6) is 5.69. The van der Waals surface area contributed by atoms with Crippen molar-refractivity contribution in [1.29, 1.82) is 0 Å². The SMILES string of the molecule is COc1ccc(CN(Cc2ccc(OC)cc2)S(=O)(=O)c2c(S(=O)(=O)N[C@@H]3CCN(C(=O)OC(C)(C)C)C3)ccc(N3CCC[C@@H](ON)C3=O)c2-c2nnn(Cc3cccc(O)c3)n2)cc1. The number of nitrogens with two attached hydrogens (primary N) is 1. The van der Waals surface area contributed by atoms with Gasteiger partial charge in [-0.1, -0.05) is 36.4 Å². The maximum absolute atomic E-state index is 16.0. The number of carbonyl (C=O) groups is 2. The molecule has 0 radical (unpaired) electrons. The monoisotopic (exact) mass is 947 g/mol. The first-order valence-electron chi connectivity index (χ1n) is 21.1. The summed E-state index contributed by atoms with van der Waals surface area (Å²) in [5.41, 5.74) is 0.467. The van der Waals surface area contributed by atoms with Gasteiger partial charge in [0.05, 0.1) is 32.0 Å². The zero-order valence-corrected chi connectivity index (χ0v) is 38.8. The fourth-order valence-corrected chi connectivity index (χ4v) is 11.4. The molecule has 0 unspecified atom stereocenters. The third-order valence-electron chi connectivity index (χ3n) is 10.9. The molecule has 4 aromatic carbocycles. The van der Waals surface area contributed by atoms with Crippen LogP contribution in [0.2, 0.25) is 0 Å². The molecule has 20 nitrogen and oxygen atoms in total. The van der Waals surface area contributed by atoms with E-state index in [1.54, 1.807) is 81.4 Å². The molecular weight excluding hydrogens is 895 g/mol. The predicted octanol–water partition coefficient (Wildman–Crippen LogP) is 4.18. The van der Waals surface area contributed by atoms with Crippen LogP contribution < -0.4 is 25.0 Å². The number of carbonyl (C=O) groups excluding carboxylic acids is 2. The van der Waals surface area contributed by atoms with E-state index in [-0.39, 0.29) is 74.9 Å². The number of nitrogens with one attached hydrogen (secondary N) is 1. The van der Waals surface area contributed by atoms with Gasteiger partial charge < -0.3 is 29.1 Å². The smallest absolute Gasteiger partial charge is 0.410 e. The largest absolute Gasteiger partial charge is 0.508 e. The van der Waals surface area contributed by atoms with Crippen molar-refractivity contribution >= 4 is 37.7 Å². The number of benzene rings is 4. The van der Waals surface area contributed by atoms with Crippen LogP contribution in [0.1, 0.15) is 56.7 Å². The van der Waals surface area contributed by atoms with Gasteiger partial charge in [-0.25, -0.2) is 32.2 Å². The lowest BCUT2D eigenvalue weighted by molar-refractivity contribution is -0.132. The van der Waals surface area contributed by atoms with Gasteiger partial charge in [0.1, 0.15) is 32.6 Å². The summed E-state index contributed by atoms with van der Waals surface area (Å²) in [4.78, 5) is 34.5. The highest BCUT2D eigenvalue weighted by Gasteiger charge is 2.42. The maximum atomic E-state index is 16.0. The number of rotatable bonds is 16. The molecule has 0 spiro atoms. The normalized spacial score (nSPS) is 17.0. The highest BCUT2D eigenvalue weighted by Crippen LogP contribution is 2.42. The third kappa shape index (κ3) is 10.9. The fraction of sp³-hybridized carbons (Fsp3) is 0.386. The molecule has 1 aromatic heterocycles. The highest BCUT2D eigenvalue weighted by molar-refractivity contribution is 7.92. The molecule has 0 bridgehead atoms. The zero-order chi connectivity index (χ0) is 47.4. The summed E-state index contributed by atoms with van der Waals surface area (Å²) in [6, 6.07) is 21.4. The Bertz CT molecular complexity index is 2720. The average Bonchev–Trinajstić information content (AvgIpc) is 3.95. The van der Waals surface area contributed by atoms with Crippen LogP contribution in [0.25, 0.3) is 11.4 Å². The molecule has 22 heteroatoms. The molecule has 2 amide bonds. The van der Waals surface area contributed by atoms with Crippen molar-refractivity contribution in [1.82, 2.24) is 34.1 Å². The molecule has 4 N–H and O–H groups in total. The minimum absolute atomic E-state index is 0.0144. The van der Waals surface area contributed by atoms with E-state index in [1.165, 1.54) is 42.2 Å². The van der Waals surface area contributed by atoms with Gasteiger partial charge in [0.25, 0.3) is 5.91 Å². The number of aromatic hydroxyl groups is 1. The Morgan fingerprint density at radius 2 is 1.55 bits per heavy atom. The van der Waals surface area contributed by atoms with Gasteiger partial charge in [0.2, 0.25) is 25.9 Å². The van der Waals surface area contributed by atoms with E-state index in [9.17, 15) is 23.1 Å². The van der Waals surface area contributed by atoms with Gasteiger partial charge >= 0.3 is 6.09 Å². The first kappa shape index (κ1) is 47.8. The summed E-state index contributed by atoms with van der Waals surface area (Å²) in [5, 5.41) is 23.3. The van der Waals surface area contributed by atoms with E-state index >= 15 is 8.42 Å². The maximum Gasteiger partial charge on any atom is 0.410 e. The molecule has 2 saturated heterocycles. The minimum Gasteiger partial charge on any atom is -0.508 e. The Kier molecular flexibility index (Phi) is 14.3. The second kappa shape index (κ2) is 19.7. The van der Waals surface area contributed by atoms with Crippen molar-refractivity contribution in [2.45, 2.75) is 87.2 Å². The molecular formula is C44H53N9O11S2. The Morgan fingerprint density at radius 3 is 2.14 bits per heavy atom. The second-order valence-electron chi connectivity index (χ2n) is 16.9. The van der Waals surface area contributed by atoms with Gasteiger partial charge in [-0.3, -0.25) is 9.63 Å². The van der Waals surface area contributed by atoms with Gasteiger partial charge in [-0.05, 0) is 110 Å². The first-order chi connectivity index (χ1) is 31.4. The number of nitrogens with zero attached hydrogens (tertiary/aromatic N) is 7. The standard InChI is InChI=1S/C44H53N9O11S2/c1-44(2,3)63-43(56)50-23-21-32(28-50)48-65(57,58)38-20-19-36(52-22-7-10-37(64-45)42(52)55)39(41-46-49-53(47-41)27-31-8-6-9-33(54)24-31)40(38)66(59,60)51(25-29-11-15-34(61-4)16-12-29)26-30-13-17-35(62-5)18-14-30/h6,8-9,11-20,24,32,37,48,54H,7,10,21-23,25-28,45H2,1-5H3/t32-,37-/m1/s1. The third-order valence-corrected chi connectivity index (χ3v) is 14.5. The van der Waals surface area contributed by atoms with Crippen LogP contribution in [0.3, 0.4) is 0 Å². The van der Waals surface area contributed by atoms with Crippen LogP contribution >= 0.6 is 0 Å². The number of phenolic OH excluding ortho intramolecular Hbond substituents is 1. The number of hydrogen-bond acceptors (Lipinski definition) is 15. The number of hydrogen-bond donors (Lipinski definition) is 3. The number of sulfonamides is 2. The van der Waals surface area contributed by atoms with Gasteiger partial charge in [-0.15, -0.1) is 10.2 Å². The van der Waals surface area contributed by atoms with Crippen molar-refractivity contribution < 1.29 is 50.6 Å². The van der Waals surface area contributed by atoms with Crippen molar-refractivity contribution in [2.24, 2.45) is 5.90 Å². The van der Waals surface area contributed by atoms with Crippen LogP contribution in [-0.4, -0.2) is 115 Å². The molecule has 0 saturated carbocycles. The topological polar surface area (TPSA) is 251 Å². The molecule has 0 aliphatic carbocycles. The lowest BCUT2D eigenvalue weighted by Crippen LogP contribution is -2.47. The number of piperidine rings is 1. The van der Waals surface area contributed by atoms with Crippen LogP contribution in [0.4, 0.5) is 10.5 Å². The zero-order valence-electron chi connectivity index (χ0n) is 37.2. The van der Waals surface area contributed by atoms with Crippen LogP contribution in [-0.2, 0) is 54.0 Å². The average molecular weight is 948 g/mol. The van der Waals surface area contributed by atoms with E-state index in [0.29, 0.717) is 34.6 Å². The van der Waals surface area contributed by atoms with Crippen molar-refractivity contribution in [3.63, 3.8) is 0 Å². The Balaban J connectivity index is 1.44. The summed E-state index contributed by atoms with van der Waals surface area (Å²) < 4.78 is 82.0. The van der Waals surface area contributed by atoms with E-state index < -0.39 is 59.6 Å². The number of likely N-dealkylation sites (tertiary alicyclic amines) is 1. The molecule has 7 rings (SSSR count). The summed E-state index contributed by atoms with van der Waals surface area (Å²) in [6.07, 6.45) is -0.855. The van der Waals surface area contributed by atoms with Crippen molar-refractivity contribution in [3.8, 4) is 28.6 Å². The lowest BCUT2D eigenvalue weighted by Gasteiger charge is -2.33. The van der Waals surface area contributed by atoms with Gasteiger partial charge in [0.15, 0.2) is 6.10 Å². The van der Waals surface area contributed by atoms with Crippen LogP contribution in [0.5, 0.6) is 17.2 Å². The van der Waals surface area contributed by atoms with Crippen molar-refractivity contribution in [3.05, 3.63) is 102 Å². The first-order valence-corrected chi connectivity index (χ1v) is 24.0. The van der Waals surface area contributed by atoms with Crippen LogP contribution in [0.15, 0.2) is 94.7 Å². The Labute approximate surface area is 383 Å². The molecule has 3 heterocycles. The molecule has 2 aliphatic rings. The Hall–Kier alpha value is -6.17. The molecule has 2 atom stereocenters. The molecule has 2 aliphatic heterocycles. The van der Waals surface area contributed by atoms with Crippen molar-refractivity contribution in [2.75, 3.05) is 38.8 Å². The number of anilines is 1. The predicted molar refractivity (Wildman–Crippen MR) is 240 cm³/mol. The summed E-state index contributed by atoms with van der Waals surface area (Å²) in [7, 11) is -6.84. The number of methoxy groups -OCH3 is 2. The number of ether oxygens (including phenoxy) is 3. The number of tetrazole rings is 1. The second-order valence-corrected chi connectivity index (χ2v) is 20.4. The molecule has 66 heavy (non-hydrogen) atoms. The molecule has 5 aromatic rings. The number of amides is 2. The van der Waals surface area contributed by atoms with E-state index in [2.05, 4.69) is 20.1 Å². The van der Waals surface area contributed by atoms with Gasteiger partial charge in [0, 0.05) is 38.8 Å². The van der Waals surface area contributed by atoms with Gasteiger partial charge in [-0.2, -0.15) is 9.10 Å². The lowest BCUT2D eigenvalue weighted by atomic mass is 10.0. The number of phenols is 1. The molecule has 2 fully saturated rings. The highest BCUT2D eigenvalue weighted by atomic mass is 32.2. The van der Waals surface area contributed by atoms with E-state index in [4.69, 9.17) is 24.9 Å². The minimum atomic E-state index is -5.03. The fourth-order valence-electron chi connectivity index (χ4n) is 7.75. The summed E-state index contributed by atoms with van der Waals surface area (Å²) >= 11 is 0. The van der Waals surface area contributed by atoms with E-state index in [1.807, 2.05) is 0 Å². The van der Waals surface area contributed by atoms with E-state index in [0.717, 1.165) is 15.2 Å².